The summed E-state index contributed by atoms with van der Waals surface area (Å²) in [5.41, 5.74) is 3.40. The molecule has 0 radical (unpaired) electrons. The Bertz CT molecular complexity index is 649. The van der Waals surface area contributed by atoms with E-state index in [2.05, 4.69) is 42.5 Å². The van der Waals surface area contributed by atoms with Crippen LogP contribution in [0.4, 0.5) is 0 Å². The predicted molar refractivity (Wildman–Crippen MR) is 75.4 cm³/mol. The number of hydrogen-bond donors (Lipinski definition) is 0. The SMILES string of the molecule is CC1=C(c2ccc3ccccc3c2)CCCC1=O. The van der Waals surface area contributed by atoms with Crippen LogP contribution in [-0.2, 0) is 4.79 Å². The lowest BCUT2D eigenvalue weighted by atomic mass is 9.87. The second-order valence-electron chi connectivity index (χ2n) is 4.94. The molecule has 1 nitrogen and oxygen atoms in total. The van der Waals surface area contributed by atoms with E-state index in [4.69, 9.17) is 0 Å². The highest BCUT2D eigenvalue weighted by Gasteiger charge is 2.17. The Kier molecular flexibility index (Phi) is 2.75. The molecular weight excluding hydrogens is 220 g/mol. The standard InChI is InChI=1S/C17H16O/c1-12-16(7-4-8-17(12)18)15-10-9-13-5-2-3-6-14(13)11-15/h2-3,5-6,9-11H,4,7-8H2,1H3. The maximum Gasteiger partial charge on any atom is 0.158 e. The zero-order valence-electron chi connectivity index (χ0n) is 10.6. The fraction of sp³-hybridized carbons (Fsp3) is 0.235. The zero-order chi connectivity index (χ0) is 12.5. The average Bonchev–Trinajstić information content (AvgIpc) is 2.41. The lowest BCUT2D eigenvalue weighted by Crippen LogP contribution is -2.08. The van der Waals surface area contributed by atoms with Crippen LogP contribution in [-0.4, -0.2) is 5.78 Å². The Labute approximate surface area is 107 Å². The minimum atomic E-state index is 0.310. The van der Waals surface area contributed by atoms with Crippen LogP contribution in [0.1, 0.15) is 31.7 Å². The van der Waals surface area contributed by atoms with Gasteiger partial charge in [-0.05, 0) is 53.3 Å². The van der Waals surface area contributed by atoms with Crippen LogP contribution in [0.2, 0.25) is 0 Å². The second kappa shape index (κ2) is 4.41. The van der Waals surface area contributed by atoms with Gasteiger partial charge >= 0.3 is 0 Å². The third-order valence-electron chi connectivity index (χ3n) is 3.80. The zero-order valence-corrected chi connectivity index (χ0v) is 10.6. The number of fused-ring (bicyclic) bond motifs is 1. The highest BCUT2D eigenvalue weighted by atomic mass is 16.1. The molecule has 1 heteroatoms. The van der Waals surface area contributed by atoms with E-state index < -0.39 is 0 Å². The molecule has 0 atom stereocenters. The average molecular weight is 236 g/mol. The van der Waals surface area contributed by atoms with Crippen molar-refractivity contribution in [2.75, 3.05) is 0 Å². The minimum absolute atomic E-state index is 0.310. The Morgan fingerprint density at radius 1 is 0.944 bits per heavy atom. The van der Waals surface area contributed by atoms with E-state index in [1.165, 1.54) is 21.9 Å². The molecule has 1 aliphatic rings. The molecule has 0 spiro atoms. The van der Waals surface area contributed by atoms with Crippen molar-refractivity contribution in [3.05, 3.63) is 53.6 Å². The molecule has 0 unspecified atom stereocenters. The summed E-state index contributed by atoms with van der Waals surface area (Å²) < 4.78 is 0. The van der Waals surface area contributed by atoms with Crippen LogP contribution in [0, 0.1) is 0 Å². The molecule has 0 aromatic heterocycles. The number of carbonyl (C=O) groups excluding carboxylic acids is 1. The molecule has 0 amide bonds. The van der Waals surface area contributed by atoms with Crippen molar-refractivity contribution in [3.8, 4) is 0 Å². The number of benzene rings is 2. The molecule has 0 N–H and O–H groups in total. The van der Waals surface area contributed by atoms with Crippen LogP contribution in [0.25, 0.3) is 16.3 Å². The number of ketones is 1. The smallest absolute Gasteiger partial charge is 0.158 e. The topological polar surface area (TPSA) is 17.1 Å². The Balaban J connectivity index is 2.14. The van der Waals surface area contributed by atoms with Gasteiger partial charge in [0.25, 0.3) is 0 Å². The summed E-state index contributed by atoms with van der Waals surface area (Å²) in [6.07, 6.45) is 2.72. The summed E-state index contributed by atoms with van der Waals surface area (Å²) in [4.78, 5) is 11.8. The molecule has 0 aliphatic heterocycles. The lowest BCUT2D eigenvalue weighted by Gasteiger charge is -2.17. The maximum atomic E-state index is 11.8. The van der Waals surface area contributed by atoms with E-state index in [0.29, 0.717) is 12.2 Å². The second-order valence-corrected chi connectivity index (χ2v) is 4.94. The summed E-state index contributed by atoms with van der Waals surface area (Å²) >= 11 is 0. The molecule has 2 aromatic rings. The van der Waals surface area contributed by atoms with Gasteiger partial charge in [0, 0.05) is 6.42 Å². The first-order valence-electron chi connectivity index (χ1n) is 6.48. The monoisotopic (exact) mass is 236 g/mol. The van der Waals surface area contributed by atoms with Crippen LogP contribution >= 0.6 is 0 Å². The highest BCUT2D eigenvalue weighted by molar-refractivity contribution is 6.04. The molecule has 3 rings (SSSR count). The Morgan fingerprint density at radius 3 is 2.56 bits per heavy atom. The van der Waals surface area contributed by atoms with E-state index in [1.54, 1.807) is 0 Å². The lowest BCUT2D eigenvalue weighted by molar-refractivity contribution is -0.115. The van der Waals surface area contributed by atoms with Gasteiger partial charge in [0.2, 0.25) is 0 Å². The fourth-order valence-electron chi connectivity index (χ4n) is 2.71. The summed E-state index contributed by atoms with van der Waals surface area (Å²) in [5, 5.41) is 2.50. The Morgan fingerprint density at radius 2 is 1.72 bits per heavy atom. The normalized spacial score (nSPS) is 16.4. The number of allylic oxidation sites excluding steroid dienone is 2. The van der Waals surface area contributed by atoms with Gasteiger partial charge in [-0.2, -0.15) is 0 Å². The first-order valence-corrected chi connectivity index (χ1v) is 6.48. The third-order valence-corrected chi connectivity index (χ3v) is 3.80. The van der Waals surface area contributed by atoms with Gasteiger partial charge in [-0.3, -0.25) is 4.79 Å². The van der Waals surface area contributed by atoms with Crippen LogP contribution in [0.15, 0.2) is 48.0 Å². The number of carbonyl (C=O) groups is 1. The number of Topliss-reactive ketones (excluding diaryl/α,β-unsaturated/α-hetero) is 1. The van der Waals surface area contributed by atoms with Gasteiger partial charge in [-0.25, -0.2) is 0 Å². The van der Waals surface area contributed by atoms with E-state index >= 15 is 0 Å². The third kappa shape index (κ3) is 1.86. The van der Waals surface area contributed by atoms with Crippen LogP contribution in [0.5, 0.6) is 0 Å². The van der Waals surface area contributed by atoms with Gasteiger partial charge in [0.05, 0.1) is 0 Å². The molecule has 0 saturated carbocycles. The van der Waals surface area contributed by atoms with Crippen molar-refractivity contribution in [1.29, 1.82) is 0 Å². The summed E-state index contributed by atoms with van der Waals surface area (Å²) in [7, 11) is 0. The molecule has 90 valence electrons. The van der Waals surface area contributed by atoms with Crippen molar-refractivity contribution in [1.82, 2.24) is 0 Å². The van der Waals surface area contributed by atoms with Crippen LogP contribution < -0.4 is 0 Å². The van der Waals surface area contributed by atoms with Gasteiger partial charge in [0.15, 0.2) is 5.78 Å². The number of rotatable bonds is 1. The molecule has 18 heavy (non-hydrogen) atoms. The van der Waals surface area contributed by atoms with E-state index in [0.717, 1.165) is 18.4 Å². The van der Waals surface area contributed by atoms with E-state index in [1.807, 2.05) is 6.92 Å². The van der Waals surface area contributed by atoms with Crippen molar-refractivity contribution in [2.45, 2.75) is 26.2 Å². The van der Waals surface area contributed by atoms with Gasteiger partial charge in [-0.15, -0.1) is 0 Å². The largest absolute Gasteiger partial charge is 0.295 e. The van der Waals surface area contributed by atoms with E-state index in [-0.39, 0.29) is 0 Å². The minimum Gasteiger partial charge on any atom is -0.295 e. The fourth-order valence-corrected chi connectivity index (χ4v) is 2.71. The number of hydrogen-bond acceptors (Lipinski definition) is 1. The molecule has 0 saturated heterocycles. The van der Waals surface area contributed by atoms with Crippen LogP contribution in [0.3, 0.4) is 0 Å². The van der Waals surface area contributed by atoms with Gasteiger partial charge < -0.3 is 0 Å². The molecule has 0 fully saturated rings. The highest BCUT2D eigenvalue weighted by Crippen LogP contribution is 2.31. The van der Waals surface area contributed by atoms with Crippen molar-refractivity contribution in [3.63, 3.8) is 0 Å². The Hall–Kier alpha value is -1.89. The molecular formula is C17H16O. The van der Waals surface area contributed by atoms with Gasteiger partial charge in [0.1, 0.15) is 0 Å². The summed E-state index contributed by atoms with van der Waals surface area (Å²) in [5.74, 6) is 0.310. The van der Waals surface area contributed by atoms with E-state index in [9.17, 15) is 4.79 Å². The first-order chi connectivity index (χ1) is 8.75. The van der Waals surface area contributed by atoms with Crippen molar-refractivity contribution >= 4 is 22.1 Å². The van der Waals surface area contributed by atoms with Crippen molar-refractivity contribution < 1.29 is 4.79 Å². The molecule has 0 heterocycles. The molecule has 2 aromatic carbocycles. The first kappa shape index (κ1) is 11.2. The molecule has 1 aliphatic carbocycles. The predicted octanol–water partition coefficient (Wildman–Crippen LogP) is 4.37. The molecule has 0 bridgehead atoms. The summed E-state index contributed by atoms with van der Waals surface area (Å²) in [6.45, 7) is 1.96. The van der Waals surface area contributed by atoms with Gasteiger partial charge in [-0.1, -0.05) is 36.4 Å². The van der Waals surface area contributed by atoms with Crippen molar-refractivity contribution in [2.24, 2.45) is 0 Å². The summed E-state index contributed by atoms with van der Waals surface area (Å²) in [6, 6.07) is 14.8. The maximum absolute atomic E-state index is 11.8. The quantitative estimate of drug-likeness (QED) is 0.718.